The minimum Gasteiger partial charge on any atom is -0.369 e. The summed E-state index contributed by atoms with van der Waals surface area (Å²) in [6, 6.07) is 6.35. The zero-order valence-corrected chi connectivity index (χ0v) is 12.9. The number of piperidine rings is 1. The van der Waals surface area contributed by atoms with Crippen molar-refractivity contribution >= 4 is 11.8 Å². The molecule has 0 spiro atoms. The van der Waals surface area contributed by atoms with E-state index in [1.165, 1.54) is 16.7 Å². The third-order valence-electron chi connectivity index (χ3n) is 4.36. The van der Waals surface area contributed by atoms with E-state index in [0.717, 1.165) is 6.42 Å². The molecule has 2 amide bonds. The van der Waals surface area contributed by atoms with E-state index in [1.54, 1.807) is 0 Å². The Balaban J connectivity index is 1.84. The number of hydrogen-bond donors (Lipinski definition) is 1. The summed E-state index contributed by atoms with van der Waals surface area (Å²) in [6.45, 7) is 5.47. The molecule has 0 atom stereocenters. The monoisotopic (exact) mass is 288 g/mol. The number of carbonyl (C=O) groups excluding carboxylic acids is 2. The summed E-state index contributed by atoms with van der Waals surface area (Å²) in [5, 5.41) is 0. The van der Waals surface area contributed by atoms with Gasteiger partial charge >= 0.3 is 0 Å². The van der Waals surface area contributed by atoms with Gasteiger partial charge in [0.15, 0.2) is 0 Å². The minimum absolute atomic E-state index is 0.0617. The summed E-state index contributed by atoms with van der Waals surface area (Å²) >= 11 is 0. The first-order valence-electron chi connectivity index (χ1n) is 7.60. The molecule has 114 valence electrons. The van der Waals surface area contributed by atoms with Gasteiger partial charge < -0.3 is 10.6 Å². The Hall–Kier alpha value is -1.84. The third-order valence-corrected chi connectivity index (χ3v) is 4.36. The molecule has 0 aliphatic carbocycles. The molecule has 0 unspecified atom stereocenters. The van der Waals surface area contributed by atoms with Crippen LogP contribution in [0.15, 0.2) is 18.2 Å². The van der Waals surface area contributed by atoms with Crippen molar-refractivity contribution in [2.45, 2.75) is 39.5 Å². The van der Waals surface area contributed by atoms with E-state index >= 15 is 0 Å². The van der Waals surface area contributed by atoms with Crippen LogP contribution in [0.2, 0.25) is 0 Å². The molecule has 0 aromatic heterocycles. The Morgan fingerprint density at radius 3 is 2.48 bits per heavy atom. The van der Waals surface area contributed by atoms with E-state index in [1.807, 2.05) is 4.90 Å². The van der Waals surface area contributed by atoms with Crippen LogP contribution >= 0.6 is 0 Å². The molecule has 21 heavy (non-hydrogen) atoms. The molecule has 1 aliphatic heterocycles. The molecule has 2 rings (SSSR count). The molecular formula is C17H24N2O2. The molecule has 4 heteroatoms. The second-order valence-corrected chi connectivity index (χ2v) is 5.99. The quantitative estimate of drug-likeness (QED) is 0.920. The van der Waals surface area contributed by atoms with E-state index in [0.29, 0.717) is 32.4 Å². The van der Waals surface area contributed by atoms with Gasteiger partial charge in [-0.3, -0.25) is 9.59 Å². The van der Waals surface area contributed by atoms with E-state index in [4.69, 9.17) is 5.73 Å². The lowest BCUT2D eigenvalue weighted by Crippen LogP contribution is -2.41. The number of aryl methyl sites for hydroxylation is 3. The average molecular weight is 288 g/mol. The van der Waals surface area contributed by atoms with Gasteiger partial charge in [-0.1, -0.05) is 23.8 Å². The molecule has 1 aromatic rings. The van der Waals surface area contributed by atoms with Crippen molar-refractivity contribution < 1.29 is 9.59 Å². The van der Waals surface area contributed by atoms with E-state index in [2.05, 4.69) is 32.0 Å². The van der Waals surface area contributed by atoms with Gasteiger partial charge in [0.2, 0.25) is 11.8 Å². The molecular weight excluding hydrogens is 264 g/mol. The summed E-state index contributed by atoms with van der Waals surface area (Å²) in [5.74, 6) is -0.122. The fourth-order valence-corrected chi connectivity index (χ4v) is 2.94. The van der Waals surface area contributed by atoms with E-state index in [9.17, 15) is 9.59 Å². The van der Waals surface area contributed by atoms with Crippen molar-refractivity contribution in [1.82, 2.24) is 4.90 Å². The number of primary amides is 1. The Kier molecular flexibility index (Phi) is 4.99. The largest absolute Gasteiger partial charge is 0.369 e. The maximum absolute atomic E-state index is 12.2. The maximum Gasteiger partial charge on any atom is 0.222 e. The molecule has 0 saturated carbocycles. The molecule has 1 heterocycles. The predicted octanol–water partition coefficient (Wildman–Crippen LogP) is 1.96. The standard InChI is InChI=1S/C17H24N2O2/c1-12-3-4-14(13(2)11-12)5-6-16(20)19-9-7-15(8-10-19)17(18)21/h3-4,11,15H,5-10H2,1-2H3,(H2,18,21). The Morgan fingerprint density at radius 1 is 1.24 bits per heavy atom. The second-order valence-electron chi connectivity index (χ2n) is 5.99. The van der Waals surface area contributed by atoms with Gasteiger partial charge in [0, 0.05) is 25.4 Å². The van der Waals surface area contributed by atoms with Gasteiger partial charge in [-0.05, 0) is 44.2 Å². The lowest BCUT2D eigenvalue weighted by atomic mass is 9.95. The van der Waals surface area contributed by atoms with Crippen molar-refractivity contribution in [3.8, 4) is 0 Å². The molecule has 2 N–H and O–H groups in total. The maximum atomic E-state index is 12.2. The Labute approximate surface area is 126 Å². The molecule has 0 radical (unpaired) electrons. The summed E-state index contributed by atoms with van der Waals surface area (Å²) in [4.78, 5) is 25.2. The first-order chi connectivity index (χ1) is 9.97. The molecule has 1 fully saturated rings. The zero-order chi connectivity index (χ0) is 15.4. The van der Waals surface area contributed by atoms with Crippen LogP contribution in [0.1, 0.15) is 36.0 Å². The fourth-order valence-electron chi connectivity index (χ4n) is 2.94. The fraction of sp³-hybridized carbons (Fsp3) is 0.529. The number of carbonyl (C=O) groups is 2. The number of hydrogen-bond acceptors (Lipinski definition) is 2. The number of nitrogens with two attached hydrogens (primary N) is 1. The molecule has 0 bridgehead atoms. The summed E-state index contributed by atoms with van der Waals surface area (Å²) in [5.41, 5.74) is 9.04. The summed E-state index contributed by atoms with van der Waals surface area (Å²) in [6.07, 6.45) is 2.71. The lowest BCUT2D eigenvalue weighted by Gasteiger charge is -2.30. The van der Waals surface area contributed by atoms with E-state index in [-0.39, 0.29) is 17.7 Å². The smallest absolute Gasteiger partial charge is 0.222 e. The number of rotatable bonds is 4. The molecule has 1 aliphatic rings. The highest BCUT2D eigenvalue weighted by molar-refractivity contribution is 5.79. The minimum atomic E-state index is -0.239. The van der Waals surface area contributed by atoms with Crippen LogP contribution in [0.4, 0.5) is 0 Å². The van der Waals surface area contributed by atoms with Gasteiger partial charge in [-0.15, -0.1) is 0 Å². The Morgan fingerprint density at radius 2 is 1.90 bits per heavy atom. The van der Waals surface area contributed by atoms with Crippen molar-refractivity contribution in [3.63, 3.8) is 0 Å². The third kappa shape index (κ3) is 4.06. The van der Waals surface area contributed by atoms with Gasteiger partial charge in [0.25, 0.3) is 0 Å². The van der Waals surface area contributed by atoms with E-state index < -0.39 is 0 Å². The van der Waals surface area contributed by atoms with Crippen LogP contribution in [-0.4, -0.2) is 29.8 Å². The second kappa shape index (κ2) is 6.74. The highest BCUT2D eigenvalue weighted by Gasteiger charge is 2.25. The van der Waals surface area contributed by atoms with Crippen molar-refractivity contribution in [3.05, 3.63) is 34.9 Å². The average Bonchev–Trinajstić information content (AvgIpc) is 2.46. The van der Waals surface area contributed by atoms with Crippen molar-refractivity contribution in [2.75, 3.05) is 13.1 Å². The first kappa shape index (κ1) is 15.5. The van der Waals surface area contributed by atoms with Crippen LogP contribution in [-0.2, 0) is 16.0 Å². The van der Waals surface area contributed by atoms with Crippen molar-refractivity contribution in [2.24, 2.45) is 11.7 Å². The molecule has 1 saturated heterocycles. The van der Waals surface area contributed by atoms with Gasteiger partial charge in [-0.25, -0.2) is 0 Å². The highest BCUT2D eigenvalue weighted by Crippen LogP contribution is 2.18. The van der Waals surface area contributed by atoms with Crippen LogP contribution < -0.4 is 5.73 Å². The lowest BCUT2D eigenvalue weighted by molar-refractivity contribution is -0.134. The number of benzene rings is 1. The van der Waals surface area contributed by atoms with Crippen LogP contribution in [0.25, 0.3) is 0 Å². The van der Waals surface area contributed by atoms with Crippen LogP contribution in [0.3, 0.4) is 0 Å². The topological polar surface area (TPSA) is 63.4 Å². The number of likely N-dealkylation sites (tertiary alicyclic amines) is 1. The zero-order valence-electron chi connectivity index (χ0n) is 12.9. The van der Waals surface area contributed by atoms with Gasteiger partial charge in [-0.2, -0.15) is 0 Å². The van der Waals surface area contributed by atoms with Crippen molar-refractivity contribution in [1.29, 1.82) is 0 Å². The number of nitrogens with zero attached hydrogens (tertiary/aromatic N) is 1. The van der Waals surface area contributed by atoms with Crippen LogP contribution in [0.5, 0.6) is 0 Å². The SMILES string of the molecule is Cc1ccc(CCC(=O)N2CCC(C(N)=O)CC2)c(C)c1. The summed E-state index contributed by atoms with van der Waals surface area (Å²) < 4.78 is 0. The summed E-state index contributed by atoms with van der Waals surface area (Å²) in [7, 11) is 0. The molecule has 1 aromatic carbocycles. The highest BCUT2D eigenvalue weighted by atomic mass is 16.2. The van der Waals surface area contributed by atoms with Crippen LogP contribution in [0, 0.1) is 19.8 Å². The molecule has 4 nitrogen and oxygen atoms in total. The normalized spacial score (nSPS) is 16.0. The van der Waals surface area contributed by atoms with Gasteiger partial charge in [0.05, 0.1) is 0 Å². The Bertz CT molecular complexity index is 532. The first-order valence-corrected chi connectivity index (χ1v) is 7.60. The predicted molar refractivity (Wildman–Crippen MR) is 82.7 cm³/mol. The number of amides is 2. The van der Waals surface area contributed by atoms with Gasteiger partial charge in [0.1, 0.15) is 0 Å².